The van der Waals surface area contributed by atoms with Crippen LogP contribution in [0.15, 0.2) is 58.5 Å². The van der Waals surface area contributed by atoms with Crippen LogP contribution in [0.25, 0.3) is 10.9 Å². The van der Waals surface area contributed by atoms with Crippen LogP contribution < -0.4 is 15.6 Å². The zero-order chi connectivity index (χ0) is 23.2. The monoisotopic (exact) mass is 464 g/mol. The average Bonchev–Trinajstić information content (AvgIpc) is 3.23. The fourth-order valence-electron chi connectivity index (χ4n) is 3.38. The summed E-state index contributed by atoms with van der Waals surface area (Å²) in [5.41, 5.74) is 1.40. The van der Waals surface area contributed by atoms with Crippen LogP contribution in [0.3, 0.4) is 0 Å². The highest BCUT2D eigenvalue weighted by atomic mass is 32.2. The number of amides is 1. The fourth-order valence-corrected chi connectivity index (χ4v) is 4.27. The number of hydrogen-bond donors (Lipinski definition) is 2. The van der Waals surface area contributed by atoms with Crippen molar-refractivity contribution in [2.45, 2.75) is 37.3 Å². The summed E-state index contributed by atoms with van der Waals surface area (Å²) in [6.07, 6.45) is 0.271. The number of thioether (sulfide) groups is 1. The van der Waals surface area contributed by atoms with Crippen LogP contribution in [0.5, 0.6) is 5.75 Å². The molecule has 1 amide bonds. The minimum absolute atomic E-state index is 0.0991. The van der Waals surface area contributed by atoms with Crippen LogP contribution >= 0.6 is 11.8 Å². The molecular weight excluding hydrogens is 440 g/mol. The van der Waals surface area contributed by atoms with Gasteiger partial charge in [-0.1, -0.05) is 36.0 Å². The molecule has 0 aliphatic carbocycles. The number of para-hydroxylation sites is 1. The van der Waals surface area contributed by atoms with Crippen LogP contribution in [-0.4, -0.2) is 37.7 Å². The number of aromatic amines is 1. The van der Waals surface area contributed by atoms with E-state index in [-0.39, 0.29) is 24.4 Å². The third-order valence-electron chi connectivity index (χ3n) is 5.08. The van der Waals surface area contributed by atoms with Crippen LogP contribution in [0.4, 0.5) is 0 Å². The van der Waals surface area contributed by atoms with Gasteiger partial charge in [0.15, 0.2) is 11.0 Å². The Morgan fingerprint density at radius 1 is 1.15 bits per heavy atom. The van der Waals surface area contributed by atoms with Gasteiger partial charge in [-0.15, -0.1) is 10.2 Å². The largest absolute Gasteiger partial charge is 0.497 e. The maximum absolute atomic E-state index is 12.3. The number of benzene rings is 2. The molecule has 2 aromatic carbocycles. The molecule has 0 saturated carbocycles. The van der Waals surface area contributed by atoms with Crippen molar-refractivity contribution in [1.82, 2.24) is 30.0 Å². The van der Waals surface area contributed by atoms with E-state index in [4.69, 9.17) is 4.74 Å². The van der Waals surface area contributed by atoms with E-state index < -0.39 is 0 Å². The van der Waals surface area contributed by atoms with Gasteiger partial charge in [0.1, 0.15) is 11.6 Å². The summed E-state index contributed by atoms with van der Waals surface area (Å²) in [7, 11) is 1.61. The molecule has 0 saturated heterocycles. The van der Waals surface area contributed by atoms with Crippen LogP contribution in [0.1, 0.15) is 24.1 Å². The van der Waals surface area contributed by atoms with Crippen molar-refractivity contribution in [3.05, 3.63) is 76.1 Å². The maximum Gasteiger partial charge on any atom is 0.258 e. The van der Waals surface area contributed by atoms with Gasteiger partial charge in [0.2, 0.25) is 5.91 Å². The molecule has 4 aromatic rings. The number of rotatable bonds is 9. The highest BCUT2D eigenvalue weighted by molar-refractivity contribution is 7.98. The van der Waals surface area contributed by atoms with E-state index in [0.29, 0.717) is 40.0 Å². The Labute approximate surface area is 194 Å². The second-order valence-electron chi connectivity index (χ2n) is 7.26. The topological polar surface area (TPSA) is 115 Å². The zero-order valence-electron chi connectivity index (χ0n) is 18.4. The molecule has 0 fully saturated rings. The second-order valence-corrected chi connectivity index (χ2v) is 8.21. The molecule has 4 rings (SSSR count). The molecule has 33 heavy (non-hydrogen) atoms. The van der Waals surface area contributed by atoms with Crippen molar-refractivity contribution in [2.75, 3.05) is 7.11 Å². The number of nitrogens with zero attached hydrogens (tertiary/aromatic N) is 4. The lowest BCUT2D eigenvalue weighted by atomic mass is 10.1. The molecule has 170 valence electrons. The van der Waals surface area contributed by atoms with Gasteiger partial charge in [0, 0.05) is 6.54 Å². The van der Waals surface area contributed by atoms with Gasteiger partial charge in [0.05, 0.1) is 36.7 Å². The number of H-pyrrole nitrogens is 1. The van der Waals surface area contributed by atoms with E-state index in [1.165, 1.54) is 11.8 Å². The van der Waals surface area contributed by atoms with Gasteiger partial charge < -0.3 is 19.6 Å². The Morgan fingerprint density at radius 2 is 1.94 bits per heavy atom. The minimum Gasteiger partial charge on any atom is -0.497 e. The molecule has 0 bridgehead atoms. The summed E-state index contributed by atoms with van der Waals surface area (Å²) >= 11 is 1.44. The second kappa shape index (κ2) is 10.3. The van der Waals surface area contributed by atoms with Gasteiger partial charge in [0.25, 0.3) is 5.56 Å². The van der Waals surface area contributed by atoms with Crippen LogP contribution in [0, 0.1) is 0 Å². The summed E-state index contributed by atoms with van der Waals surface area (Å²) in [4.78, 5) is 32.0. The molecule has 0 aliphatic heterocycles. The smallest absolute Gasteiger partial charge is 0.258 e. The molecule has 2 aromatic heterocycles. The third kappa shape index (κ3) is 5.40. The zero-order valence-corrected chi connectivity index (χ0v) is 19.2. The summed E-state index contributed by atoms with van der Waals surface area (Å²) in [5, 5.41) is 12.7. The number of ether oxygens (including phenoxy) is 1. The first-order valence-electron chi connectivity index (χ1n) is 10.5. The van der Waals surface area contributed by atoms with Gasteiger partial charge in [-0.2, -0.15) is 0 Å². The maximum atomic E-state index is 12.3. The van der Waals surface area contributed by atoms with Crippen molar-refractivity contribution in [2.24, 2.45) is 0 Å². The normalized spacial score (nSPS) is 11.0. The molecule has 0 unspecified atom stereocenters. The summed E-state index contributed by atoms with van der Waals surface area (Å²) in [6.45, 7) is 2.92. The molecule has 0 spiro atoms. The first kappa shape index (κ1) is 22.5. The Kier molecular flexibility index (Phi) is 7.04. The van der Waals surface area contributed by atoms with Gasteiger partial charge >= 0.3 is 0 Å². The van der Waals surface area contributed by atoms with E-state index in [1.807, 2.05) is 54.0 Å². The standard InChI is InChI=1S/C23H24N6O3S/c1-3-29-20(13-24-21(30)12-15-8-10-16(32-2)11-9-15)27-28-23(29)33-14-19-25-18-7-5-4-6-17(18)22(31)26-19/h4-11H,3,12-14H2,1-2H3,(H,24,30)(H,25,26,31). The van der Waals surface area contributed by atoms with Crippen molar-refractivity contribution in [3.63, 3.8) is 0 Å². The number of hydrogen-bond acceptors (Lipinski definition) is 7. The van der Waals surface area contributed by atoms with Gasteiger partial charge in [-0.25, -0.2) is 4.98 Å². The number of methoxy groups -OCH3 is 1. The van der Waals surface area contributed by atoms with E-state index in [0.717, 1.165) is 11.3 Å². The SMILES string of the molecule is CCn1c(CNC(=O)Cc2ccc(OC)cc2)nnc1SCc1nc2ccccc2c(=O)[nH]1. The lowest BCUT2D eigenvalue weighted by Crippen LogP contribution is -2.26. The van der Waals surface area contributed by atoms with Gasteiger partial charge in [-0.3, -0.25) is 9.59 Å². The number of nitrogens with one attached hydrogen (secondary N) is 2. The molecule has 2 N–H and O–H groups in total. The minimum atomic E-state index is -0.159. The quantitative estimate of drug-likeness (QED) is 0.366. The van der Waals surface area contributed by atoms with Crippen LogP contribution in [-0.2, 0) is 30.1 Å². The summed E-state index contributed by atoms with van der Waals surface area (Å²) in [5.74, 6) is 2.34. The Bertz CT molecular complexity index is 1320. The Hall–Kier alpha value is -3.66. The molecule has 2 heterocycles. The van der Waals surface area contributed by atoms with Crippen molar-refractivity contribution in [1.29, 1.82) is 0 Å². The predicted octanol–water partition coefficient (Wildman–Crippen LogP) is 2.69. The molecule has 10 heteroatoms. The van der Waals surface area contributed by atoms with E-state index in [2.05, 4.69) is 25.5 Å². The molecular formula is C23H24N6O3S. The predicted molar refractivity (Wildman–Crippen MR) is 126 cm³/mol. The van der Waals surface area contributed by atoms with Crippen molar-refractivity contribution in [3.8, 4) is 5.75 Å². The molecule has 9 nitrogen and oxygen atoms in total. The van der Waals surface area contributed by atoms with Crippen molar-refractivity contribution >= 4 is 28.6 Å². The molecule has 0 atom stereocenters. The van der Waals surface area contributed by atoms with Gasteiger partial charge in [-0.05, 0) is 36.8 Å². The van der Waals surface area contributed by atoms with Crippen LogP contribution in [0.2, 0.25) is 0 Å². The van der Waals surface area contributed by atoms with E-state index >= 15 is 0 Å². The average molecular weight is 465 g/mol. The number of aromatic nitrogens is 5. The number of carbonyl (C=O) groups is 1. The van der Waals surface area contributed by atoms with E-state index in [1.54, 1.807) is 13.2 Å². The first-order chi connectivity index (χ1) is 16.1. The fraction of sp³-hybridized carbons (Fsp3) is 0.261. The van der Waals surface area contributed by atoms with E-state index in [9.17, 15) is 9.59 Å². The van der Waals surface area contributed by atoms with Crippen molar-refractivity contribution < 1.29 is 9.53 Å². The lowest BCUT2D eigenvalue weighted by Gasteiger charge is -2.09. The molecule has 0 aliphatic rings. The molecule has 0 radical (unpaired) electrons. The third-order valence-corrected chi connectivity index (χ3v) is 6.05. The Morgan fingerprint density at radius 3 is 2.70 bits per heavy atom. The number of carbonyl (C=O) groups excluding carboxylic acids is 1. The highest BCUT2D eigenvalue weighted by Gasteiger charge is 2.14. The summed E-state index contributed by atoms with van der Waals surface area (Å²) < 4.78 is 7.08. The summed E-state index contributed by atoms with van der Waals surface area (Å²) in [6, 6.07) is 14.6. The Balaban J connectivity index is 1.37. The number of fused-ring (bicyclic) bond motifs is 1. The first-order valence-corrected chi connectivity index (χ1v) is 11.5. The lowest BCUT2D eigenvalue weighted by molar-refractivity contribution is -0.120. The highest BCUT2D eigenvalue weighted by Crippen LogP contribution is 2.21.